The second-order valence-corrected chi connectivity index (χ2v) is 5.39. The highest BCUT2D eigenvalue weighted by molar-refractivity contribution is 6.32. The van der Waals surface area contributed by atoms with Crippen molar-refractivity contribution in [2.45, 2.75) is 12.5 Å². The molecule has 0 bridgehead atoms. The number of amides is 6. The average Bonchev–Trinajstić information content (AvgIpc) is 2.62. The van der Waals surface area contributed by atoms with Gasteiger partial charge in [-0.1, -0.05) is 17.7 Å². The Morgan fingerprint density at radius 3 is 2.65 bits per heavy atom. The van der Waals surface area contributed by atoms with Crippen LogP contribution in [0.1, 0.15) is 12.5 Å². The second kappa shape index (κ2) is 5.84. The molecule has 0 saturated carbocycles. The van der Waals surface area contributed by atoms with Crippen LogP contribution >= 0.6 is 11.6 Å². The number of nitrogens with two attached hydrogens (primary N) is 1. The summed E-state index contributed by atoms with van der Waals surface area (Å²) < 4.78 is 13.1. The van der Waals surface area contributed by atoms with Crippen molar-refractivity contribution in [2.75, 3.05) is 6.54 Å². The minimum atomic E-state index is -1.56. The number of primary amides is 1. The summed E-state index contributed by atoms with van der Waals surface area (Å²) in [6.45, 7) is 0.681. The van der Waals surface area contributed by atoms with Crippen LogP contribution in [-0.2, 0) is 15.1 Å². The van der Waals surface area contributed by atoms with Gasteiger partial charge in [0.15, 0.2) is 0 Å². The first kappa shape index (κ1) is 16.7. The van der Waals surface area contributed by atoms with E-state index in [2.05, 4.69) is 5.32 Å². The Balaban J connectivity index is 2.29. The molecular weight excluding hydrogens is 331 g/mol. The highest BCUT2D eigenvalue weighted by Crippen LogP contribution is 2.33. The van der Waals surface area contributed by atoms with Gasteiger partial charge in [0.25, 0.3) is 5.91 Å². The number of rotatable bonds is 3. The van der Waals surface area contributed by atoms with E-state index in [0.717, 1.165) is 12.1 Å². The van der Waals surface area contributed by atoms with Gasteiger partial charge in [0, 0.05) is 10.6 Å². The normalized spacial score (nSPS) is 20.4. The van der Waals surface area contributed by atoms with E-state index in [9.17, 15) is 23.6 Å². The van der Waals surface area contributed by atoms with Crippen molar-refractivity contribution in [3.63, 3.8) is 0 Å². The molecule has 1 aromatic carbocycles. The standard InChI is InChI=1S/C13H12ClFN4O4/c1-13(7-3-2-6(15)4-8(7)14)10(21)19(12(23)18-13)5-9(20)17-11(16)22/h2-4H,5H2,1H3,(H,18,23)(H3,16,17,20,22). The number of benzene rings is 1. The largest absolute Gasteiger partial charge is 0.351 e. The van der Waals surface area contributed by atoms with Crippen LogP contribution in [0.3, 0.4) is 0 Å². The van der Waals surface area contributed by atoms with Gasteiger partial charge in [0.2, 0.25) is 5.91 Å². The molecule has 10 heteroatoms. The lowest BCUT2D eigenvalue weighted by Gasteiger charge is -2.23. The molecule has 1 saturated heterocycles. The minimum Gasteiger partial charge on any atom is -0.351 e. The van der Waals surface area contributed by atoms with Crippen LogP contribution in [0.4, 0.5) is 14.0 Å². The van der Waals surface area contributed by atoms with Gasteiger partial charge in [0.05, 0.1) is 0 Å². The van der Waals surface area contributed by atoms with Gasteiger partial charge < -0.3 is 11.1 Å². The molecule has 0 aromatic heterocycles. The molecule has 8 nitrogen and oxygen atoms in total. The number of urea groups is 2. The molecule has 1 aliphatic heterocycles. The van der Waals surface area contributed by atoms with Crippen molar-refractivity contribution in [2.24, 2.45) is 5.73 Å². The van der Waals surface area contributed by atoms with Crippen LogP contribution in [0, 0.1) is 5.82 Å². The van der Waals surface area contributed by atoms with Crippen molar-refractivity contribution in [3.8, 4) is 0 Å². The number of imide groups is 2. The molecule has 2 rings (SSSR count). The predicted octanol–water partition coefficient (Wildman–Crippen LogP) is 0.441. The highest BCUT2D eigenvalue weighted by atomic mass is 35.5. The Labute approximate surface area is 134 Å². The summed E-state index contributed by atoms with van der Waals surface area (Å²) in [5, 5.41) is 4.10. The van der Waals surface area contributed by atoms with Gasteiger partial charge >= 0.3 is 12.1 Å². The van der Waals surface area contributed by atoms with Crippen LogP contribution in [-0.4, -0.2) is 35.3 Å². The van der Waals surface area contributed by atoms with E-state index in [1.54, 1.807) is 5.32 Å². The summed E-state index contributed by atoms with van der Waals surface area (Å²) in [4.78, 5) is 47.2. The SMILES string of the molecule is CC1(c2ccc(F)cc2Cl)NC(=O)N(CC(=O)NC(N)=O)C1=O. The monoisotopic (exact) mass is 342 g/mol. The van der Waals surface area contributed by atoms with E-state index >= 15 is 0 Å². The molecule has 23 heavy (non-hydrogen) atoms. The zero-order chi connectivity index (χ0) is 17.4. The summed E-state index contributed by atoms with van der Waals surface area (Å²) in [5.41, 5.74) is 3.40. The molecule has 1 unspecified atom stereocenters. The van der Waals surface area contributed by atoms with Crippen LogP contribution in [0.2, 0.25) is 5.02 Å². The third-order valence-electron chi connectivity index (χ3n) is 3.31. The van der Waals surface area contributed by atoms with Crippen molar-refractivity contribution >= 4 is 35.5 Å². The van der Waals surface area contributed by atoms with Gasteiger partial charge in [-0.2, -0.15) is 0 Å². The number of halogens is 2. The number of carbonyl (C=O) groups excluding carboxylic acids is 4. The van der Waals surface area contributed by atoms with E-state index in [1.165, 1.54) is 13.0 Å². The Morgan fingerprint density at radius 2 is 2.09 bits per heavy atom. The van der Waals surface area contributed by atoms with E-state index in [-0.39, 0.29) is 10.6 Å². The molecule has 4 N–H and O–H groups in total. The van der Waals surface area contributed by atoms with Crippen LogP contribution in [0.15, 0.2) is 18.2 Å². The first-order valence-corrected chi connectivity index (χ1v) is 6.72. The maximum Gasteiger partial charge on any atom is 0.325 e. The number of hydrogen-bond donors (Lipinski definition) is 3. The zero-order valence-electron chi connectivity index (χ0n) is 11.9. The number of nitrogens with zero attached hydrogens (tertiary/aromatic N) is 1. The lowest BCUT2D eigenvalue weighted by Crippen LogP contribution is -2.45. The zero-order valence-corrected chi connectivity index (χ0v) is 12.6. The minimum absolute atomic E-state index is 0.0513. The summed E-state index contributed by atoms with van der Waals surface area (Å²) in [7, 11) is 0. The Hall–Kier alpha value is -2.68. The third-order valence-corrected chi connectivity index (χ3v) is 3.62. The maximum absolute atomic E-state index is 13.1. The fourth-order valence-electron chi connectivity index (χ4n) is 2.24. The summed E-state index contributed by atoms with van der Waals surface area (Å²) in [6.07, 6.45) is 0. The second-order valence-electron chi connectivity index (χ2n) is 4.98. The summed E-state index contributed by atoms with van der Waals surface area (Å²) in [5.74, 6) is -2.29. The van der Waals surface area contributed by atoms with Crippen molar-refractivity contribution in [3.05, 3.63) is 34.6 Å². The van der Waals surface area contributed by atoms with Crippen LogP contribution in [0.25, 0.3) is 0 Å². The Bertz CT molecular complexity index is 726. The molecule has 1 heterocycles. The molecule has 0 aliphatic carbocycles. The van der Waals surface area contributed by atoms with Gasteiger partial charge in [-0.05, 0) is 19.1 Å². The molecule has 0 radical (unpaired) electrons. The molecule has 6 amide bonds. The van der Waals surface area contributed by atoms with E-state index in [1.807, 2.05) is 0 Å². The van der Waals surface area contributed by atoms with E-state index in [0.29, 0.717) is 4.90 Å². The number of hydrogen-bond acceptors (Lipinski definition) is 4. The molecule has 1 aliphatic rings. The molecule has 122 valence electrons. The first-order chi connectivity index (χ1) is 10.6. The fourth-order valence-corrected chi connectivity index (χ4v) is 2.59. The van der Waals surface area contributed by atoms with E-state index in [4.69, 9.17) is 17.3 Å². The van der Waals surface area contributed by atoms with Gasteiger partial charge in [-0.3, -0.25) is 19.8 Å². The third kappa shape index (κ3) is 3.09. The molecule has 1 aromatic rings. The lowest BCUT2D eigenvalue weighted by molar-refractivity contribution is -0.134. The topological polar surface area (TPSA) is 122 Å². The lowest BCUT2D eigenvalue weighted by atomic mass is 9.92. The van der Waals surface area contributed by atoms with Gasteiger partial charge in [-0.25, -0.2) is 14.0 Å². The average molecular weight is 343 g/mol. The predicted molar refractivity (Wildman–Crippen MR) is 76.7 cm³/mol. The number of nitrogens with one attached hydrogen (secondary N) is 2. The van der Waals surface area contributed by atoms with Crippen molar-refractivity contribution in [1.82, 2.24) is 15.5 Å². The quantitative estimate of drug-likeness (QED) is 0.690. The summed E-state index contributed by atoms with van der Waals surface area (Å²) >= 11 is 5.93. The van der Waals surface area contributed by atoms with Crippen LogP contribution in [0.5, 0.6) is 0 Å². The molecular formula is C13H12ClFN4O4. The van der Waals surface area contributed by atoms with Crippen LogP contribution < -0.4 is 16.4 Å². The van der Waals surface area contributed by atoms with Crippen molar-refractivity contribution in [1.29, 1.82) is 0 Å². The molecule has 1 atom stereocenters. The van der Waals surface area contributed by atoms with Gasteiger partial charge in [0.1, 0.15) is 17.9 Å². The molecule has 1 fully saturated rings. The Morgan fingerprint density at radius 1 is 1.43 bits per heavy atom. The Kier molecular flexibility index (Phi) is 4.24. The smallest absolute Gasteiger partial charge is 0.325 e. The van der Waals surface area contributed by atoms with E-state index < -0.39 is 41.8 Å². The first-order valence-electron chi connectivity index (χ1n) is 6.34. The maximum atomic E-state index is 13.1. The number of carbonyl (C=O) groups is 4. The van der Waals surface area contributed by atoms with Crippen molar-refractivity contribution < 1.29 is 23.6 Å². The fraction of sp³-hybridized carbons (Fsp3) is 0.231. The highest BCUT2D eigenvalue weighted by Gasteiger charge is 2.50. The van der Waals surface area contributed by atoms with Gasteiger partial charge in [-0.15, -0.1) is 0 Å². The molecule has 0 spiro atoms. The summed E-state index contributed by atoms with van der Waals surface area (Å²) in [6, 6.07) is 1.41.